The number of thiazole rings is 1. The van der Waals surface area contributed by atoms with Gasteiger partial charge in [-0.05, 0) is 44.2 Å². The maximum absolute atomic E-state index is 5.84. The summed E-state index contributed by atoms with van der Waals surface area (Å²) in [5, 5.41) is 0.907. The summed E-state index contributed by atoms with van der Waals surface area (Å²) < 4.78 is 7.01. The van der Waals surface area contributed by atoms with Crippen LogP contribution in [0.3, 0.4) is 0 Å². The van der Waals surface area contributed by atoms with Crippen LogP contribution in [0, 0.1) is 0 Å². The molecule has 0 aliphatic heterocycles. The van der Waals surface area contributed by atoms with Gasteiger partial charge in [-0.1, -0.05) is 17.7 Å². The van der Waals surface area contributed by atoms with E-state index >= 15 is 0 Å². The lowest BCUT2D eigenvalue weighted by molar-refractivity contribution is 0.570. The molecule has 1 unspecified atom stereocenters. The fourth-order valence-corrected chi connectivity index (χ4v) is 2.81. The Morgan fingerprint density at radius 3 is 2.85 bits per heavy atom. The summed E-state index contributed by atoms with van der Waals surface area (Å²) in [7, 11) is 0. The molecule has 0 aliphatic rings. The third-order valence-corrected chi connectivity index (χ3v) is 4.27. The fourth-order valence-electron chi connectivity index (χ4n) is 1.88. The summed E-state index contributed by atoms with van der Waals surface area (Å²) >= 11 is 1.64. The molecule has 0 saturated carbocycles. The smallest absolute Gasteiger partial charge is 0.163 e. The third-order valence-electron chi connectivity index (χ3n) is 3.22. The second kappa shape index (κ2) is 5.23. The number of hydrogen-bond acceptors (Lipinski definition) is 4. The largest absolute Gasteiger partial charge is 0.454 e. The van der Waals surface area contributed by atoms with E-state index < -0.39 is 0 Å². The van der Waals surface area contributed by atoms with E-state index in [0.29, 0.717) is 0 Å². The topological polar surface area (TPSA) is 52.0 Å². The summed E-state index contributed by atoms with van der Waals surface area (Å²) in [6, 6.07) is 12.0. The minimum atomic E-state index is 0.0333. The maximum Gasteiger partial charge on any atom is 0.163 e. The van der Waals surface area contributed by atoms with Crippen LogP contribution in [0.2, 0.25) is 0 Å². The van der Waals surface area contributed by atoms with Crippen LogP contribution in [0.15, 0.2) is 46.4 Å². The second-order valence-electron chi connectivity index (χ2n) is 4.87. The van der Waals surface area contributed by atoms with Crippen molar-refractivity contribution in [1.29, 1.82) is 0 Å². The molecule has 0 spiro atoms. The van der Waals surface area contributed by atoms with Gasteiger partial charge >= 0.3 is 0 Å². The average Bonchev–Trinajstić information content (AvgIpc) is 3.03. The molecule has 2 N–H and O–H groups in total. The zero-order valence-electron chi connectivity index (χ0n) is 11.5. The molecule has 102 valence electrons. The van der Waals surface area contributed by atoms with Gasteiger partial charge in [0.2, 0.25) is 0 Å². The van der Waals surface area contributed by atoms with Gasteiger partial charge in [0.15, 0.2) is 10.8 Å². The van der Waals surface area contributed by atoms with Crippen LogP contribution in [0.25, 0.3) is 27.1 Å². The predicted molar refractivity (Wildman–Crippen MR) is 84.6 cm³/mol. The van der Waals surface area contributed by atoms with Crippen LogP contribution in [0.5, 0.6) is 0 Å². The molecule has 1 atom stereocenters. The minimum absolute atomic E-state index is 0.0333. The van der Waals surface area contributed by atoms with Gasteiger partial charge in [0.1, 0.15) is 5.76 Å². The van der Waals surface area contributed by atoms with Crippen LogP contribution >= 0.6 is 11.3 Å². The van der Waals surface area contributed by atoms with Gasteiger partial charge in [-0.2, -0.15) is 0 Å². The Hall–Kier alpha value is -1.91. The third kappa shape index (κ3) is 2.53. The van der Waals surface area contributed by atoms with E-state index in [4.69, 9.17) is 10.2 Å². The Morgan fingerprint density at radius 1 is 1.30 bits per heavy atom. The Balaban J connectivity index is 1.95. The van der Waals surface area contributed by atoms with Crippen LogP contribution in [0.1, 0.15) is 19.6 Å². The van der Waals surface area contributed by atoms with Gasteiger partial charge in [0.05, 0.1) is 10.2 Å². The van der Waals surface area contributed by atoms with E-state index in [1.165, 1.54) is 4.70 Å². The molecule has 2 aromatic heterocycles. The van der Waals surface area contributed by atoms with Crippen molar-refractivity contribution < 1.29 is 4.42 Å². The van der Waals surface area contributed by atoms with E-state index in [1.807, 2.05) is 50.3 Å². The van der Waals surface area contributed by atoms with Crippen molar-refractivity contribution in [3.63, 3.8) is 0 Å². The monoisotopic (exact) mass is 284 g/mol. The van der Waals surface area contributed by atoms with Crippen molar-refractivity contribution in [2.75, 3.05) is 0 Å². The van der Waals surface area contributed by atoms with Crippen molar-refractivity contribution in [3.05, 3.63) is 47.7 Å². The first-order valence-corrected chi connectivity index (χ1v) is 7.34. The summed E-state index contributed by atoms with van der Waals surface area (Å²) in [5.41, 5.74) is 7.93. The normalized spacial score (nSPS) is 13.8. The van der Waals surface area contributed by atoms with Gasteiger partial charge in [0, 0.05) is 6.04 Å². The standard InChI is InChI=1S/C16H16N2OS/c1-10(11(2)17)9-12-7-8-14(19-12)16-18-13-5-3-4-6-15(13)20-16/h3-9,11H,17H2,1-2H3/b10-9+. The van der Waals surface area contributed by atoms with E-state index in [2.05, 4.69) is 11.1 Å². The lowest BCUT2D eigenvalue weighted by Gasteiger charge is -2.02. The number of fused-ring (bicyclic) bond motifs is 1. The summed E-state index contributed by atoms with van der Waals surface area (Å²) in [6.07, 6.45) is 1.97. The molecule has 4 heteroatoms. The van der Waals surface area contributed by atoms with Gasteiger partial charge < -0.3 is 10.2 Å². The number of nitrogens with zero attached hydrogens (tertiary/aromatic N) is 1. The molecular formula is C16H16N2OS. The highest BCUT2D eigenvalue weighted by Crippen LogP contribution is 2.31. The Morgan fingerprint density at radius 2 is 2.10 bits per heavy atom. The number of para-hydroxylation sites is 1. The van der Waals surface area contributed by atoms with Crippen LogP contribution < -0.4 is 5.73 Å². The van der Waals surface area contributed by atoms with Gasteiger partial charge in [-0.15, -0.1) is 11.3 Å². The molecule has 0 radical (unpaired) electrons. The van der Waals surface area contributed by atoms with Crippen LogP contribution in [-0.4, -0.2) is 11.0 Å². The summed E-state index contributed by atoms with van der Waals surface area (Å²) in [5.74, 6) is 1.61. The predicted octanol–water partition coefficient (Wildman–Crippen LogP) is 4.31. The quantitative estimate of drug-likeness (QED) is 0.779. The lowest BCUT2D eigenvalue weighted by Crippen LogP contribution is -2.15. The second-order valence-corrected chi connectivity index (χ2v) is 5.90. The summed E-state index contributed by atoms with van der Waals surface area (Å²) in [6.45, 7) is 3.97. The Labute approximate surface area is 121 Å². The number of hydrogen-bond donors (Lipinski definition) is 1. The van der Waals surface area contributed by atoms with Gasteiger partial charge in [0.25, 0.3) is 0 Å². The maximum atomic E-state index is 5.84. The molecule has 0 aliphatic carbocycles. The number of furan rings is 1. The molecule has 20 heavy (non-hydrogen) atoms. The highest BCUT2D eigenvalue weighted by atomic mass is 32.1. The lowest BCUT2D eigenvalue weighted by atomic mass is 10.1. The van der Waals surface area contributed by atoms with Crippen molar-refractivity contribution in [2.45, 2.75) is 19.9 Å². The Bertz CT molecular complexity index is 734. The zero-order valence-corrected chi connectivity index (χ0v) is 12.3. The molecule has 0 amide bonds. The van der Waals surface area contributed by atoms with E-state index in [9.17, 15) is 0 Å². The molecular weight excluding hydrogens is 268 g/mol. The highest BCUT2D eigenvalue weighted by molar-refractivity contribution is 7.21. The molecule has 3 nitrogen and oxygen atoms in total. The van der Waals surface area contributed by atoms with E-state index in [-0.39, 0.29) is 6.04 Å². The first-order valence-electron chi connectivity index (χ1n) is 6.53. The first-order chi connectivity index (χ1) is 9.63. The molecule has 3 rings (SSSR count). The van der Waals surface area contributed by atoms with Crippen LogP contribution in [-0.2, 0) is 0 Å². The number of nitrogens with two attached hydrogens (primary N) is 1. The van der Waals surface area contributed by atoms with Crippen molar-refractivity contribution in [2.24, 2.45) is 5.73 Å². The number of aromatic nitrogens is 1. The van der Waals surface area contributed by atoms with Gasteiger partial charge in [-0.25, -0.2) is 4.98 Å². The molecule has 0 saturated heterocycles. The van der Waals surface area contributed by atoms with E-state index in [0.717, 1.165) is 27.6 Å². The highest BCUT2D eigenvalue weighted by Gasteiger charge is 2.10. The Kier molecular flexibility index (Phi) is 3.42. The van der Waals surface area contributed by atoms with Crippen molar-refractivity contribution in [3.8, 4) is 10.8 Å². The zero-order chi connectivity index (χ0) is 14.1. The number of benzene rings is 1. The molecule has 2 heterocycles. The molecule has 0 fully saturated rings. The fraction of sp³-hybridized carbons (Fsp3) is 0.188. The molecule has 0 bridgehead atoms. The first kappa shape index (κ1) is 13.1. The molecule has 3 aromatic rings. The summed E-state index contributed by atoms with van der Waals surface area (Å²) in [4.78, 5) is 4.59. The van der Waals surface area contributed by atoms with Crippen molar-refractivity contribution >= 4 is 27.6 Å². The molecule has 1 aromatic carbocycles. The average molecular weight is 284 g/mol. The van der Waals surface area contributed by atoms with Crippen molar-refractivity contribution in [1.82, 2.24) is 4.98 Å². The van der Waals surface area contributed by atoms with E-state index in [1.54, 1.807) is 11.3 Å². The van der Waals surface area contributed by atoms with Gasteiger partial charge in [-0.3, -0.25) is 0 Å². The number of rotatable bonds is 3. The van der Waals surface area contributed by atoms with Crippen LogP contribution in [0.4, 0.5) is 0 Å². The minimum Gasteiger partial charge on any atom is -0.454 e. The SMILES string of the molecule is C/C(=C\c1ccc(-c2nc3ccccc3s2)o1)C(C)N.